The molecule has 322 valence electrons. The van der Waals surface area contributed by atoms with Crippen LogP contribution in [0.15, 0.2) is 0 Å². The quantitative estimate of drug-likeness (QED) is 0.125. The summed E-state index contributed by atoms with van der Waals surface area (Å²) in [7, 11) is 12.8. The SMILES string of the molecule is CC.CCC(=O)NC(CN1CCC(N(C)C)CC1)C(C)CC.CCC(=O)N[C@@H](C)CC[C@H](C)N(C)C.CCC(C)C(=O)N[C@H](CC)C1CC(N(C)C)C1.[HH].[HH].[HH]. The van der Waals surface area contributed by atoms with Gasteiger partial charge in [-0.25, -0.2) is 0 Å². The minimum Gasteiger partial charge on any atom is -0.354 e. The van der Waals surface area contributed by atoms with Gasteiger partial charge in [-0.3, -0.25) is 14.4 Å². The molecule has 0 aromatic rings. The fourth-order valence-electron chi connectivity index (χ4n) is 6.50. The summed E-state index contributed by atoms with van der Waals surface area (Å²) in [6.45, 7) is 26.1. The lowest BCUT2D eigenvalue weighted by Gasteiger charge is -2.43. The first-order chi connectivity index (χ1) is 24.9. The van der Waals surface area contributed by atoms with Crippen LogP contribution < -0.4 is 16.0 Å². The zero-order valence-corrected chi connectivity index (χ0v) is 38.1. The molecule has 3 unspecified atom stereocenters. The summed E-state index contributed by atoms with van der Waals surface area (Å²) in [6, 6.07) is 2.99. The van der Waals surface area contributed by atoms with Gasteiger partial charge in [-0.1, -0.05) is 68.7 Å². The predicted octanol–water partition coefficient (Wildman–Crippen LogP) is 7.62. The van der Waals surface area contributed by atoms with Gasteiger partial charge in [-0.15, -0.1) is 0 Å². The van der Waals surface area contributed by atoms with Gasteiger partial charge in [-0.2, -0.15) is 0 Å². The molecule has 10 nitrogen and oxygen atoms in total. The minimum atomic E-state index is 0. The Labute approximate surface area is 334 Å². The van der Waals surface area contributed by atoms with E-state index < -0.39 is 0 Å². The third-order valence-electron chi connectivity index (χ3n) is 11.6. The van der Waals surface area contributed by atoms with Crippen molar-refractivity contribution in [2.75, 3.05) is 61.9 Å². The number of amides is 3. The zero-order valence-electron chi connectivity index (χ0n) is 38.1. The van der Waals surface area contributed by atoms with Gasteiger partial charge in [0.15, 0.2) is 0 Å². The van der Waals surface area contributed by atoms with Crippen molar-refractivity contribution in [2.24, 2.45) is 17.8 Å². The first-order valence-corrected chi connectivity index (χ1v) is 21.5. The zero-order chi connectivity index (χ0) is 41.3. The number of piperidine rings is 1. The molecule has 10 heteroatoms. The summed E-state index contributed by atoms with van der Waals surface area (Å²) in [5, 5.41) is 9.40. The van der Waals surface area contributed by atoms with Gasteiger partial charge in [0.1, 0.15) is 0 Å². The average molecular weight is 760 g/mol. The normalized spacial score (nSPS) is 20.8. The molecular weight excluding hydrogens is 663 g/mol. The summed E-state index contributed by atoms with van der Waals surface area (Å²) in [4.78, 5) is 44.0. The Hall–Kier alpha value is -1.75. The highest BCUT2D eigenvalue weighted by molar-refractivity contribution is 5.78. The molecule has 2 fully saturated rings. The molecular formula is C43H97N7O3. The topological polar surface area (TPSA) is 100 Å². The molecule has 3 amide bonds. The van der Waals surface area contributed by atoms with Crippen molar-refractivity contribution in [2.45, 2.75) is 183 Å². The van der Waals surface area contributed by atoms with E-state index in [2.05, 4.69) is 119 Å². The van der Waals surface area contributed by atoms with E-state index in [-0.39, 0.29) is 27.9 Å². The van der Waals surface area contributed by atoms with Crippen molar-refractivity contribution < 1.29 is 18.7 Å². The van der Waals surface area contributed by atoms with Crippen molar-refractivity contribution in [3.05, 3.63) is 0 Å². The standard InChI is InChI=1S/C16H33N3O.C14H28N2O.C11H24N2O.C2H6.3H2/c1-6-13(3)15(17-16(20)7-2)12-19-10-8-14(9-11-19)18(4)5;1-6-10(3)14(17)15-13(7-2)11-8-12(9-11)16(4)5;1-6-11(14)12-9(2)7-8-10(3)13(4)5;1-2;;;/h13-15H,6-12H2,1-5H3,(H,17,20);10-13H,6-9H2,1-5H3,(H,15,17);9-10H,6-8H2,1-5H3,(H,12,14);1-2H3;3*1H/t;10?,11?,12?,13-;9-,10-;;;;/m.10..../s1. The van der Waals surface area contributed by atoms with Gasteiger partial charge in [0.2, 0.25) is 17.7 Å². The van der Waals surface area contributed by atoms with Crippen LogP contribution >= 0.6 is 0 Å². The molecule has 0 spiro atoms. The Kier molecular flexibility index (Phi) is 30.7. The van der Waals surface area contributed by atoms with Crippen LogP contribution in [0.4, 0.5) is 0 Å². The van der Waals surface area contributed by atoms with Crippen molar-refractivity contribution >= 4 is 17.7 Å². The highest BCUT2D eigenvalue weighted by atomic mass is 16.2. The van der Waals surface area contributed by atoms with Crippen LogP contribution in [0.5, 0.6) is 0 Å². The Bertz CT molecular complexity index is 950. The maximum absolute atomic E-state index is 11.9. The van der Waals surface area contributed by atoms with E-state index in [9.17, 15) is 14.4 Å². The van der Waals surface area contributed by atoms with E-state index in [1.54, 1.807) is 0 Å². The molecule has 3 N–H and O–H groups in total. The molecule has 0 bridgehead atoms. The number of rotatable bonds is 19. The van der Waals surface area contributed by atoms with Crippen LogP contribution in [-0.4, -0.2) is 135 Å². The molecule has 1 aliphatic heterocycles. The molecule has 1 saturated heterocycles. The van der Waals surface area contributed by atoms with Crippen molar-refractivity contribution in [1.82, 2.24) is 35.6 Å². The summed E-state index contributed by atoms with van der Waals surface area (Å²) in [5.41, 5.74) is 0. The first kappa shape index (κ1) is 53.4. The number of hydrogen-bond donors (Lipinski definition) is 3. The van der Waals surface area contributed by atoms with E-state index in [0.29, 0.717) is 48.8 Å². The minimum absolute atomic E-state index is 0. The van der Waals surface area contributed by atoms with E-state index in [1.165, 1.54) is 25.7 Å². The molecule has 0 aromatic carbocycles. The molecule has 6 atom stereocenters. The number of nitrogens with one attached hydrogen (secondary N) is 3. The number of nitrogens with zero attached hydrogens (tertiary/aromatic N) is 4. The van der Waals surface area contributed by atoms with E-state index >= 15 is 0 Å². The summed E-state index contributed by atoms with van der Waals surface area (Å²) < 4.78 is 0. The summed E-state index contributed by atoms with van der Waals surface area (Å²) in [5.74, 6) is 1.92. The Morgan fingerprint density at radius 2 is 1.21 bits per heavy atom. The van der Waals surface area contributed by atoms with Crippen LogP contribution in [0.1, 0.15) is 151 Å². The third kappa shape index (κ3) is 23.0. The molecule has 2 aliphatic rings. The monoisotopic (exact) mass is 760 g/mol. The maximum Gasteiger partial charge on any atom is 0.223 e. The van der Waals surface area contributed by atoms with Crippen molar-refractivity contribution in [3.63, 3.8) is 0 Å². The lowest BCUT2D eigenvalue weighted by atomic mass is 9.74. The summed E-state index contributed by atoms with van der Waals surface area (Å²) in [6.07, 6.45) is 11.3. The fraction of sp³-hybridized carbons (Fsp3) is 0.930. The molecule has 2 rings (SSSR count). The number of carbonyl (C=O) groups excluding carboxylic acids is 3. The lowest BCUT2D eigenvalue weighted by molar-refractivity contribution is -0.126. The lowest BCUT2D eigenvalue weighted by Crippen LogP contribution is -2.51. The molecule has 1 saturated carbocycles. The van der Waals surface area contributed by atoms with E-state index in [4.69, 9.17) is 0 Å². The Balaban J connectivity index is -0.000000224. The summed E-state index contributed by atoms with van der Waals surface area (Å²) >= 11 is 0. The second kappa shape index (κ2) is 30.5. The molecule has 1 heterocycles. The molecule has 53 heavy (non-hydrogen) atoms. The van der Waals surface area contributed by atoms with Crippen LogP contribution in [-0.2, 0) is 14.4 Å². The van der Waals surface area contributed by atoms with Gasteiger partial charge < -0.3 is 35.6 Å². The molecule has 0 aromatic heterocycles. The average Bonchev–Trinajstić information content (AvgIpc) is 3.12. The van der Waals surface area contributed by atoms with Crippen LogP contribution in [0.3, 0.4) is 0 Å². The molecule has 0 radical (unpaired) electrons. The van der Waals surface area contributed by atoms with Crippen molar-refractivity contribution in [3.8, 4) is 0 Å². The number of carbonyl (C=O) groups is 3. The first-order valence-electron chi connectivity index (χ1n) is 21.5. The highest BCUT2D eigenvalue weighted by Crippen LogP contribution is 2.34. The van der Waals surface area contributed by atoms with Crippen LogP contribution in [0.25, 0.3) is 0 Å². The number of likely N-dealkylation sites (tertiary alicyclic amines) is 1. The second-order valence-electron chi connectivity index (χ2n) is 16.3. The van der Waals surface area contributed by atoms with Crippen LogP contribution in [0.2, 0.25) is 0 Å². The largest absolute Gasteiger partial charge is 0.354 e. The Morgan fingerprint density at radius 1 is 0.698 bits per heavy atom. The number of hydrogen-bond acceptors (Lipinski definition) is 7. The molecule has 1 aliphatic carbocycles. The second-order valence-corrected chi connectivity index (χ2v) is 16.3. The fourth-order valence-corrected chi connectivity index (χ4v) is 6.50. The smallest absolute Gasteiger partial charge is 0.223 e. The Morgan fingerprint density at radius 3 is 1.62 bits per heavy atom. The maximum atomic E-state index is 11.9. The van der Waals surface area contributed by atoms with E-state index in [0.717, 1.165) is 63.8 Å². The predicted molar refractivity (Wildman–Crippen MR) is 235 cm³/mol. The van der Waals surface area contributed by atoms with Gasteiger partial charge in [0.25, 0.3) is 0 Å². The van der Waals surface area contributed by atoms with E-state index in [1.807, 2.05) is 34.6 Å². The van der Waals surface area contributed by atoms with Gasteiger partial charge in [-0.05, 0) is 132 Å². The van der Waals surface area contributed by atoms with Gasteiger partial charge in [0, 0.05) is 65.8 Å². The van der Waals surface area contributed by atoms with Gasteiger partial charge >= 0.3 is 0 Å². The van der Waals surface area contributed by atoms with Gasteiger partial charge in [0.05, 0.1) is 0 Å². The van der Waals surface area contributed by atoms with Crippen LogP contribution in [0, 0.1) is 17.8 Å². The third-order valence-corrected chi connectivity index (χ3v) is 11.6. The van der Waals surface area contributed by atoms with Crippen molar-refractivity contribution in [1.29, 1.82) is 0 Å². The highest BCUT2D eigenvalue weighted by Gasteiger charge is 2.36.